The summed E-state index contributed by atoms with van der Waals surface area (Å²) in [4.78, 5) is 0. The molecule has 0 saturated carbocycles. The second-order valence-electron chi connectivity index (χ2n) is 11.5. The molecule has 0 aliphatic carbocycles. The highest BCUT2D eigenvalue weighted by Gasteiger charge is 2.18. The molecule has 6 aromatic carbocycles. The number of fused-ring (bicyclic) bond motifs is 6. The Labute approximate surface area is 255 Å². The van der Waals surface area contributed by atoms with Crippen molar-refractivity contribution in [1.82, 2.24) is 14.5 Å². The maximum Gasteiger partial charge on any atom is 0.0702 e. The summed E-state index contributed by atoms with van der Waals surface area (Å²) in [7, 11) is 0. The van der Waals surface area contributed by atoms with E-state index in [1.54, 1.807) is 0 Å². The molecule has 3 heterocycles. The molecule has 1 unspecified atom stereocenters. The zero-order valence-electron chi connectivity index (χ0n) is 24.1. The van der Waals surface area contributed by atoms with Crippen LogP contribution in [0.4, 0.5) is 0 Å². The van der Waals surface area contributed by atoms with Crippen molar-refractivity contribution in [2.75, 3.05) is 0 Å². The highest BCUT2D eigenvalue weighted by molar-refractivity contribution is 6.10. The van der Waals surface area contributed by atoms with Gasteiger partial charge in [-0.1, -0.05) is 109 Å². The Morgan fingerprint density at radius 1 is 0.455 bits per heavy atom. The van der Waals surface area contributed by atoms with Gasteiger partial charge in [-0.15, -0.1) is 0 Å². The van der Waals surface area contributed by atoms with E-state index < -0.39 is 0 Å². The van der Waals surface area contributed by atoms with Crippen molar-refractivity contribution in [2.24, 2.45) is 0 Å². The largest absolute Gasteiger partial charge is 0.374 e. The number of hydrogen-bond donors (Lipinski definition) is 1. The number of para-hydroxylation sites is 4. The lowest BCUT2D eigenvalue weighted by Gasteiger charge is -2.23. The molecule has 8 aromatic rings. The lowest BCUT2D eigenvalue weighted by atomic mass is 10.0. The molecule has 44 heavy (non-hydrogen) atoms. The number of nitrogens with zero attached hydrogens (tertiary/aromatic N) is 2. The van der Waals surface area contributed by atoms with Crippen LogP contribution in [0.3, 0.4) is 0 Å². The van der Waals surface area contributed by atoms with Gasteiger partial charge in [0.2, 0.25) is 0 Å². The van der Waals surface area contributed by atoms with Gasteiger partial charge in [0.05, 0.1) is 28.1 Å². The summed E-state index contributed by atoms with van der Waals surface area (Å²) in [5, 5.41) is 8.93. The molecular formula is C41H29N3. The Morgan fingerprint density at radius 2 is 0.932 bits per heavy atom. The zero-order chi connectivity index (χ0) is 29.0. The van der Waals surface area contributed by atoms with Crippen molar-refractivity contribution in [1.29, 1.82) is 0 Å². The highest BCUT2D eigenvalue weighted by atomic mass is 15.0. The van der Waals surface area contributed by atoms with E-state index in [0.717, 1.165) is 16.9 Å². The van der Waals surface area contributed by atoms with Crippen LogP contribution in [0.25, 0.3) is 60.7 Å². The average Bonchev–Trinajstić information content (AvgIpc) is 3.62. The van der Waals surface area contributed by atoms with Crippen LogP contribution in [0.2, 0.25) is 0 Å². The molecule has 0 bridgehead atoms. The number of dihydropyridines is 1. The lowest BCUT2D eigenvalue weighted by Crippen LogP contribution is -2.20. The highest BCUT2D eigenvalue weighted by Crippen LogP contribution is 2.35. The van der Waals surface area contributed by atoms with Crippen LogP contribution >= 0.6 is 0 Å². The van der Waals surface area contributed by atoms with E-state index in [1.807, 2.05) is 0 Å². The van der Waals surface area contributed by atoms with Gasteiger partial charge in [0.25, 0.3) is 0 Å². The molecule has 2 aromatic heterocycles. The fraction of sp³-hybridized carbons (Fsp3) is 0.0244. The molecule has 1 aliphatic rings. The average molecular weight is 564 g/mol. The summed E-state index contributed by atoms with van der Waals surface area (Å²) in [5.74, 6) is 0. The van der Waals surface area contributed by atoms with E-state index in [9.17, 15) is 0 Å². The number of rotatable bonds is 4. The summed E-state index contributed by atoms with van der Waals surface area (Å²) in [5.41, 5.74) is 10.7. The minimum Gasteiger partial charge on any atom is -0.374 e. The molecule has 0 radical (unpaired) electrons. The molecule has 3 heteroatoms. The van der Waals surface area contributed by atoms with Crippen LogP contribution in [-0.2, 0) is 0 Å². The van der Waals surface area contributed by atoms with Gasteiger partial charge < -0.3 is 14.5 Å². The molecule has 1 atom stereocenters. The van der Waals surface area contributed by atoms with Gasteiger partial charge in [-0.3, -0.25) is 0 Å². The zero-order valence-corrected chi connectivity index (χ0v) is 24.1. The van der Waals surface area contributed by atoms with Crippen LogP contribution in [0.15, 0.2) is 164 Å². The normalized spacial score (nSPS) is 14.8. The molecule has 0 saturated heterocycles. The molecule has 0 fully saturated rings. The van der Waals surface area contributed by atoms with E-state index in [4.69, 9.17) is 0 Å². The Morgan fingerprint density at radius 3 is 1.48 bits per heavy atom. The van der Waals surface area contributed by atoms with Crippen LogP contribution < -0.4 is 5.32 Å². The van der Waals surface area contributed by atoms with Crippen LogP contribution in [0, 0.1) is 0 Å². The number of hydrogen-bond acceptors (Lipinski definition) is 1. The summed E-state index contributed by atoms with van der Waals surface area (Å²) < 4.78 is 4.76. The third-order valence-electron chi connectivity index (χ3n) is 8.94. The quantitative estimate of drug-likeness (QED) is 0.226. The third-order valence-corrected chi connectivity index (χ3v) is 8.94. The topological polar surface area (TPSA) is 21.9 Å². The Bertz CT molecular complexity index is 2330. The first-order chi connectivity index (χ1) is 21.8. The Hall–Kier alpha value is -5.80. The van der Waals surface area contributed by atoms with Crippen LogP contribution in [0.1, 0.15) is 17.2 Å². The molecule has 3 nitrogen and oxygen atoms in total. The number of benzene rings is 6. The van der Waals surface area contributed by atoms with Gasteiger partial charge in [0.15, 0.2) is 0 Å². The molecule has 1 N–H and O–H groups in total. The van der Waals surface area contributed by atoms with E-state index in [1.165, 1.54) is 54.9 Å². The van der Waals surface area contributed by atoms with Gasteiger partial charge in [0.1, 0.15) is 0 Å². The minimum absolute atomic E-state index is 0.0555. The van der Waals surface area contributed by atoms with Crippen LogP contribution in [-0.4, -0.2) is 9.13 Å². The SMILES string of the molecule is C1=CC(c2cccc(-n3c4ccccc4c4ccccc43)c2)NC(c2cccc(-n3c4ccccc4c4ccccc43)c2)=C1. The second kappa shape index (κ2) is 9.89. The predicted octanol–water partition coefficient (Wildman–Crippen LogP) is 10.1. The van der Waals surface area contributed by atoms with Gasteiger partial charge in [-0.2, -0.15) is 0 Å². The minimum atomic E-state index is 0.0555. The smallest absolute Gasteiger partial charge is 0.0702 e. The third kappa shape index (κ3) is 3.83. The van der Waals surface area contributed by atoms with Crippen molar-refractivity contribution >= 4 is 49.3 Å². The van der Waals surface area contributed by atoms with E-state index in [0.29, 0.717) is 0 Å². The maximum absolute atomic E-state index is 3.84. The summed E-state index contributed by atoms with van der Waals surface area (Å²) in [6.07, 6.45) is 6.60. The van der Waals surface area contributed by atoms with Gasteiger partial charge in [0, 0.05) is 38.6 Å². The number of nitrogens with one attached hydrogen (secondary N) is 1. The van der Waals surface area contributed by atoms with E-state index >= 15 is 0 Å². The molecule has 0 spiro atoms. The molecule has 9 rings (SSSR count). The predicted molar refractivity (Wildman–Crippen MR) is 185 cm³/mol. The monoisotopic (exact) mass is 563 g/mol. The van der Waals surface area contributed by atoms with Gasteiger partial charge in [-0.05, 0) is 65.7 Å². The first-order valence-electron chi connectivity index (χ1n) is 15.2. The van der Waals surface area contributed by atoms with Crippen molar-refractivity contribution in [3.63, 3.8) is 0 Å². The van der Waals surface area contributed by atoms with Crippen molar-refractivity contribution in [2.45, 2.75) is 6.04 Å². The Kier molecular flexibility index (Phi) is 5.57. The number of allylic oxidation sites excluding steroid dienone is 2. The standard InChI is InChI=1S/C41H29N3/c1-5-22-38-32(16-1)33-17-2-6-23-39(33)43(38)30-14-9-12-28(26-30)36-20-11-21-37(42-36)29-13-10-15-31(27-29)44-40-24-7-3-18-34(40)35-19-4-8-25-41(35)44/h1-27,36,42H. The molecule has 0 amide bonds. The molecular weight excluding hydrogens is 534 g/mol. The summed E-state index contributed by atoms with van der Waals surface area (Å²) in [6.45, 7) is 0. The van der Waals surface area contributed by atoms with Crippen molar-refractivity contribution in [3.8, 4) is 11.4 Å². The summed E-state index contributed by atoms with van der Waals surface area (Å²) >= 11 is 0. The number of aromatic nitrogens is 2. The molecule has 1 aliphatic heterocycles. The first kappa shape index (κ1) is 24.8. The summed E-state index contributed by atoms with van der Waals surface area (Å²) in [6, 6.07) is 52.5. The Balaban J connectivity index is 1.09. The fourth-order valence-electron chi connectivity index (χ4n) is 6.97. The van der Waals surface area contributed by atoms with Crippen molar-refractivity contribution in [3.05, 3.63) is 175 Å². The van der Waals surface area contributed by atoms with Gasteiger partial charge >= 0.3 is 0 Å². The lowest BCUT2D eigenvalue weighted by molar-refractivity contribution is 0.763. The van der Waals surface area contributed by atoms with Crippen molar-refractivity contribution < 1.29 is 0 Å². The first-order valence-corrected chi connectivity index (χ1v) is 15.2. The maximum atomic E-state index is 3.84. The van der Waals surface area contributed by atoms with Crippen LogP contribution in [0.5, 0.6) is 0 Å². The van der Waals surface area contributed by atoms with Gasteiger partial charge in [-0.25, -0.2) is 0 Å². The molecule has 208 valence electrons. The van der Waals surface area contributed by atoms with E-state index in [2.05, 4.69) is 178 Å². The second-order valence-corrected chi connectivity index (χ2v) is 11.5. The fourth-order valence-corrected chi connectivity index (χ4v) is 6.97. The van der Waals surface area contributed by atoms with E-state index in [-0.39, 0.29) is 6.04 Å².